The Kier molecular flexibility index (Phi) is 4.28. The minimum absolute atomic E-state index is 0.00323. The normalized spacial score (nSPS) is 40.9. The second-order valence-corrected chi connectivity index (χ2v) is 13.2. The van der Waals surface area contributed by atoms with Crippen molar-refractivity contribution in [1.29, 1.82) is 0 Å². The maximum atomic E-state index is 7.48. The van der Waals surface area contributed by atoms with Crippen molar-refractivity contribution in [1.82, 2.24) is 4.98 Å². The van der Waals surface area contributed by atoms with Crippen molar-refractivity contribution < 1.29 is 9.22 Å². The van der Waals surface area contributed by atoms with E-state index in [0.717, 1.165) is 4.48 Å². The Morgan fingerprint density at radius 2 is 1.91 bits per heavy atom. The molecule has 3 heterocycles. The zero-order valence-electron chi connectivity index (χ0n) is 21.3. The Morgan fingerprint density at radius 1 is 1.03 bits per heavy atom. The number of hydrogen-bond acceptors (Lipinski definition) is 2. The molecule has 7 rings (SSSR count). The second kappa shape index (κ2) is 6.83. The number of fused-ring (bicyclic) bond motifs is 2. The summed E-state index contributed by atoms with van der Waals surface area (Å²) in [5.74, 6) is 1.20. The Labute approximate surface area is 204 Å². The highest BCUT2D eigenvalue weighted by atomic mass is 16.5. The lowest BCUT2D eigenvalue weighted by Crippen LogP contribution is -2.57. The van der Waals surface area contributed by atoms with E-state index >= 15 is 0 Å². The first-order valence-corrected chi connectivity index (χ1v) is 13.5. The zero-order chi connectivity index (χ0) is 23.3. The molecule has 3 nitrogen and oxygen atoms in total. The number of benzene rings is 1. The molecule has 6 atom stereocenters. The van der Waals surface area contributed by atoms with E-state index in [-0.39, 0.29) is 16.6 Å². The van der Waals surface area contributed by atoms with E-state index in [0.29, 0.717) is 17.9 Å². The Balaban J connectivity index is 1.27. The lowest BCUT2D eigenvalue weighted by atomic mass is 9.58. The molecule has 2 bridgehead atoms. The second-order valence-electron chi connectivity index (χ2n) is 13.2. The number of ether oxygens (including phenoxy) is 1. The first-order chi connectivity index (χ1) is 16.2. The van der Waals surface area contributed by atoms with Gasteiger partial charge in [0.1, 0.15) is 0 Å². The summed E-state index contributed by atoms with van der Waals surface area (Å²) in [5, 5.41) is 2.56. The number of hydrogen-bond donors (Lipinski definition) is 0. The van der Waals surface area contributed by atoms with Gasteiger partial charge in [0.15, 0.2) is 0 Å². The number of pyridine rings is 1. The maximum Gasteiger partial charge on any atom is 0.0975 e. The lowest BCUT2D eigenvalue weighted by Gasteiger charge is -2.55. The number of allylic oxidation sites excluding steroid dienone is 1. The molecular weight excluding hydrogens is 416 g/mol. The fraction of sp³-hybridized carbons (Fsp3) is 0.581. The first-order valence-electron chi connectivity index (χ1n) is 13.5. The Bertz CT molecular complexity index is 1240. The molecule has 34 heavy (non-hydrogen) atoms. The standard InChI is InChI=1S/C31H39N2O/c1-29-13-11-25-18-24-7-8-26(33(2,3)4)19-30(24)14-15-31(25,34-30)28(29)10-9-27(29)22-6-5-21-12-16-32-20-23(21)17-22/h5-6,11-12,16-18,20,26-28H,7-10,13-15,19H2,1-4H3/q+1/t26-,27?,28-,29?,30-,31-/m1/s1. The number of aromatic nitrogens is 1. The molecule has 1 saturated heterocycles. The summed E-state index contributed by atoms with van der Waals surface area (Å²) in [6.45, 7) is 2.58. The lowest BCUT2D eigenvalue weighted by molar-refractivity contribution is -0.898. The third-order valence-electron chi connectivity index (χ3n) is 10.8. The predicted molar refractivity (Wildman–Crippen MR) is 138 cm³/mol. The minimum atomic E-state index is -0.0591. The average molecular weight is 456 g/mol. The van der Waals surface area contributed by atoms with Crippen molar-refractivity contribution in [2.45, 2.75) is 81.5 Å². The van der Waals surface area contributed by atoms with Crippen molar-refractivity contribution in [2.75, 3.05) is 21.1 Å². The van der Waals surface area contributed by atoms with Gasteiger partial charge < -0.3 is 9.22 Å². The topological polar surface area (TPSA) is 22.1 Å². The molecule has 1 aromatic heterocycles. The Morgan fingerprint density at radius 3 is 2.76 bits per heavy atom. The number of rotatable bonds is 2. The first kappa shape index (κ1) is 21.3. The van der Waals surface area contributed by atoms with E-state index in [1.165, 1.54) is 73.3 Å². The summed E-state index contributed by atoms with van der Waals surface area (Å²) in [6.07, 6.45) is 19.0. The third kappa shape index (κ3) is 2.74. The van der Waals surface area contributed by atoms with E-state index in [4.69, 9.17) is 4.74 Å². The van der Waals surface area contributed by atoms with Crippen molar-refractivity contribution in [3.8, 4) is 0 Å². The highest BCUT2D eigenvalue weighted by molar-refractivity contribution is 5.82. The van der Waals surface area contributed by atoms with Gasteiger partial charge >= 0.3 is 0 Å². The van der Waals surface area contributed by atoms with E-state index in [1.807, 2.05) is 12.4 Å². The van der Waals surface area contributed by atoms with Gasteiger partial charge in [-0.3, -0.25) is 4.98 Å². The van der Waals surface area contributed by atoms with Crippen molar-refractivity contribution in [2.24, 2.45) is 11.3 Å². The van der Waals surface area contributed by atoms with Crippen molar-refractivity contribution in [3.05, 3.63) is 65.5 Å². The van der Waals surface area contributed by atoms with Crippen LogP contribution in [0.2, 0.25) is 0 Å². The highest BCUT2D eigenvalue weighted by Gasteiger charge is 2.67. The summed E-state index contributed by atoms with van der Waals surface area (Å²) >= 11 is 0. The van der Waals surface area contributed by atoms with Gasteiger partial charge in [-0.1, -0.05) is 31.2 Å². The summed E-state index contributed by atoms with van der Waals surface area (Å²) in [6, 6.07) is 9.92. The van der Waals surface area contributed by atoms with E-state index in [9.17, 15) is 0 Å². The molecule has 178 valence electrons. The van der Waals surface area contributed by atoms with Gasteiger partial charge in [-0.15, -0.1) is 0 Å². The van der Waals surface area contributed by atoms with Crippen LogP contribution in [0.3, 0.4) is 0 Å². The largest absolute Gasteiger partial charge is 0.359 e. The van der Waals surface area contributed by atoms with Gasteiger partial charge in [0.25, 0.3) is 0 Å². The molecule has 2 saturated carbocycles. The Hall–Kier alpha value is -1.97. The monoisotopic (exact) mass is 455 g/mol. The molecule has 1 aromatic carbocycles. The molecule has 0 amide bonds. The third-order valence-corrected chi connectivity index (χ3v) is 10.8. The van der Waals surface area contributed by atoms with Crippen LogP contribution in [0, 0.1) is 11.3 Å². The zero-order valence-corrected chi connectivity index (χ0v) is 21.3. The molecule has 0 radical (unpaired) electrons. The van der Waals surface area contributed by atoms with Crippen LogP contribution in [0.1, 0.15) is 69.8 Å². The summed E-state index contributed by atoms with van der Waals surface area (Å²) < 4.78 is 8.53. The van der Waals surface area contributed by atoms with Crippen LogP contribution >= 0.6 is 0 Å². The van der Waals surface area contributed by atoms with Crippen LogP contribution in [-0.4, -0.2) is 47.9 Å². The van der Waals surface area contributed by atoms with Crippen LogP contribution in [0.5, 0.6) is 0 Å². The smallest absolute Gasteiger partial charge is 0.0975 e. The quantitative estimate of drug-likeness (QED) is 0.479. The molecule has 2 aromatic rings. The average Bonchev–Trinajstić information content (AvgIpc) is 3.33. The number of quaternary nitrogens is 1. The fourth-order valence-electron chi connectivity index (χ4n) is 8.91. The van der Waals surface area contributed by atoms with Gasteiger partial charge in [-0.25, -0.2) is 0 Å². The van der Waals surface area contributed by atoms with Crippen molar-refractivity contribution >= 4 is 10.8 Å². The van der Waals surface area contributed by atoms with Gasteiger partial charge in [0.2, 0.25) is 0 Å². The predicted octanol–water partition coefficient (Wildman–Crippen LogP) is 6.55. The molecule has 0 N–H and O–H groups in total. The van der Waals surface area contributed by atoms with Gasteiger partial charge in [0.05, 0.1) is 38.4 Å². The van der Waals surface area contributed by atoms with E-state index < -0.39 is 0 Å². The van der Waals surface area contributed by atoms with Crippen LogP contribution in [0.15, 0.2) is 60.0 Å². The molecule has 3 aliphatic carbocycles. The molecular formula is C31H39N2O+. The molecule has 3 fully saturated rings. The van der Waals surface area contributed by atoms with Crippen LogP contribution in [0.4, 0.5) is 0 Å². The van der Waals surface area contributed by atoms with Crippen LogP contribution in [-0.2, 0) is 4.74 Å². The van der Waals surface area contributed by atoms with Gasteiger partial charge in [-0.05, 0) is 90.0 Å². The SMILES string of the molecule is CC12CC=C3C=C4CC[C@@H]([N+](C)(C)C)C[C@]45CC[C@]3(O5)[C@@H]1CCC2c1ccc2ccncc2c1. The molecule has 2 unspecified atom stereocenters. The highest BCUT2D eigenvalue weighted by Crippen LogP contribution is 2.69. The van der Waals surface area contributed by atoms with E-state index in [1.54, 1.807) is 5.57 Å². The summed E-state index contributed by atoms with van der Waals surface area (Å²) in [5.41, 5.74) is 4.83. The molecule has 3 heteroatoms. The van der Waals surface area contributed by atoms with E-state index in [2.05, 4.69) is 69.5 Å². The van der Waals surface area contributed by atoms with Gasteiger partial charge in [0, 0.05) is 30.6 Å². The van der Waals surface area contributed by atoms with Crippen LogP contribution < -0.4 is 0 Å². The van der Waals surface area contributed by atoms with Gasteiger partial charge in [-0.2, -0.15) is 0 Å². The minimum Gasteiger partial charge on any atom is -0.359 e. The molecule has 2 aliphatic heterocycles. The molecule has 5 aliphatic rings. The van der Waals surface area contributed by atoms with Crippen molar-refractivity contribution in [3.63, 3.8) is 0 Å². The number of nitrogens with zero attached hydrogens (tertiary/aromatic N) is 2. The molecule has 2 spiro atoms. The van der Waals surface area contributed by atoms with Crippen LogP contribution in [0.25, 0.3) is 10.8 Å². The fourth-order valence-corrected chi connectivity index (χ4v) is 8.91. The summed E-state index contributed by atoms with van der Waals surface area (Å²) in [7, 11) is 7.10. The summed E-state index contributed by atoms with van der Waals surface area (Å²) in [4.78, 5) is 4.39. The maximum absolute atomic E-state index is 7.48.